The lowest BCUT2D eigenvalue weighted by atomic mass is 9.85. The summed E-state index contributed by atoms with van der Waals surface area (Å²) in [5.41, 5.74) is 0.565. The predicted octanol–water partition coefficient (Wildman–Crippen LogP) is 1.38. The Hall–Kier alpha value is -2.96. The maximum atomic E-state index is 12.6. The molecular weight excluding hydrogens is 336 g/mol. The number of carbonyl (C=O) groups is 3. The van der Waals surface area contributed by atoms with Crippen molar-refractivity contribution in [2.24, 2.45) is 28.8 Å². The van der Waals surface area contributed by atoms with Crippen LogP contribution in [0.3, 0.4) is 0 Å². The highest BCUT2D eigenvalue weighted by atomic mass is 16.6. The van der Waals surface area contributed by atoms with Gasteiger partial charge in [0.25, 0.3) is 11.8 Å². The molecule has 0 aromatic heterocycles. The lowest BCUT2D eigenvalue weighted by Gasteiger charge is -2.13. The van der Waals surface area contributed by atoms with E-state index < -0.39 is 5.97 Å². The summed E-state index contributed by atoms with van der Waals surface area (Å²) in [6, 6.07) is 6.94. The molecule has 1 aliphatic heterocycles. The number of hydrogen-bond donors (Lipinski definition) is 0. The van der Waals surface area contributed by atoms with Crippen LogP contribution in [-0.2, 0) is 19.1 Å². The normalized spacial score (nSPS) is 28.9. The Morgan fingerprint density at radius 3 is 2.50 bits per heavy atom. The van der Waals surface area contributed by atoms with Crippen molar-refractivity contribution in [2.75, 3.05) is 13.7 Å². The zero-order valence-corrected chi connectivity index (χ0v) is 14.2. The zero-order valence-electron chi connectivity index (χ0n) is 14.2. The molecular formula is C19H18N2O5. The first-order valence-corrected chi connectivity index (χ1v) is 8.49. The van der Waals surface area contributed by atoms with Crippen molar-refractivity contribution in [2.45, 2.75) is 6.42 Å². The highest BCUT2D eigenvalue weighted by Crippen LogP contribution is 2.52. The van der Waals surface area contributed by atoms with Gasteiger partial charge in [-0.05, 0) is 30.4 Å². The van der Waals surface area contributed by atoms with Gasteiger partial charge in [0.2, 0.25) is 0 Å². The molecule has 1 aromatic carbocycles. The van der Waals surface area contributed by atoms with Gasteiger partial charge in [0.1, 0.15) is 5.75 Å². The van der Waals surface area contributed by atoms with Crippen LogP contribution in [0.1, 0.15) is 12.0 Å². The number of hydrazone groups is 1. The average Bonchev–Trinajstić information content (AvgIpc) is 3.33. The Bertz CT molecular complexity index is 801. The van der Waals surface area contributed by atoms with E-state index in [1.54, 1.807) is 24.3 Å². The third kappa shape index (κ3) is 2.60. The van der Waals surface area contributed by atoms with Crippen molar-refractivity contribution in [3.05, 3.63) is 42.0 Å². The molecule has 134 valence electrons. The monoisotopic (exact) mass is 354 g/mol. The number of amides is 2. The largest absolute Gasteiger partial charge is 0.481 e. The minimum absolute atomic E-state index is 0.150. The quantitative estimate of drug-likeness (QED) is 0.345. The van der Waals surface area contributed by atoms with Crippen molar-refractivity contribution < 1.29 is 23.9 Å². The summed E-state index contributed by atoms with van der Waals surface area (Å²) in [5, 5.41) is 5.11. The third-order valence-electron chi connectivity index (χ3n) is 5.25. The van der Waals surface area contributed by atoms with Gasteiger partial charge in [-0.2, -0.15) is 10.1 Å². The number of nitrogens with zero attached hydrogens (tertiary/aromatic N) is 2. The van der Waals surface area contributed by atoms with Crippen molar-refractivity contribution in [3.8, 4) is 5.75 Å². The summed E-state index contributed by atoms with van der Waals surface area (Å²) in [5.74, 6) is -0.808. The molecule has 4 atom stereocenters. The number of hydrogen-bond acceptors (Lipinski definition) is 6. The first kappa shape index (κ1) is 16.5. The Kier molecular flexibility index (Phi) is 4.06. The molecule has 26 heavy (non-hydrogen) atoms. The minimum Gasteiger partial charge on any atom is -0.481 e. The lowest BCUT2D eigenvalue weighted by molar-refractivity contribution is -0.143. The van der Waals surface area contributed by atoms with Crippen LogP contribution in [-0.4, -0.2) is 42.7 Å². The summed E-state index contributed by atoms with van der Waals surface area (Å²) in [6.45, 7) is -0.234. The first-order valence-electron chi connectivity index (χ1n) is 8.49. The van der Waals surface area contributed by atoms with Crippen LogP contribution in [0.2, 0.25) is 0 Å². The predicted molar refractivity (Wildman–Crippen MR) is 91.1 cm³/mol. The number of imide groups is 1. The zero-order chi connectivity index (χ0) is 18.3. The molecule has 7 nitrogen and oxygen atoms in total. The fourth-order valence-corrected chi connectivity index (χ4v) is 4.03. The second kappa shape index (κ2) is 6.40. The van der Waals surface area contributed by atoms with Crippen LogP contribution < -0.4 is 4.74 Å². The molecule has 2 amide bonds. The molecule has 1 saturated heterocycles. The summed E-state index contributed by atoms with van der Waals surface area (Å²) >= 11 is 0. The minimum atomic E-state index is -0.502. The SMILES string of the molecule is COC(=O)COc1ccccc1C=NN1C(=O)[C@@H]2[C@H](C1=O)[C@H]1C=C[C@H]2C1. The number of esters is 1. The van der Waals surface area contributed by atoms with Gasteiger partial charge in [0, 0.05) is 5.56 Å². The van der Waals surface area contributed by atoms with Crippen molar-refractivity contribution in [3.63, 3.8) is 0 Å². The summed E-state index contributed by atoms with van der Waals surface area (Å²) in [7, 11) is 1.28. The molecule has 2 fully saturated rings. The molecule has 2 aliphatic carbocycles. The van der Waals surface area contributed by atoms with Crippen LogP contribution in [0.15, 0.2) is 41.5 Å². The van der Waals surface area contributed by atoms with Crippen LogP contribution in [0.5, 0.6) is 5.75 Å². The number of para-hydroxylation sites is 1. The standard InChI is InChI=1S/C19H18N2O5/c1-25-15(22)10-26-14-5-3-2-4-13(14)9-20-21-18(23)16-11-6-7-12(8-11)17(16)19(21)24/h2-7,9,11-12,16-17H,8,10H2,1H3/t11-,12-,16-,17+/m0/s1. The Morgan fingerprint density at radius 1 is 1.19 bits per heavy atom. The van der Waals surface area contributed by atoms with E-state index >= 15 is 0 Å². The number of benzene rings is 1. The van der Waals surface area contributed by atoms with Crippen LogP contribution in [0, 0.1) is 23.7 Å². The van der Waals surface area contributed by atoms with Gasteiger partial charge in [-0.3, -0.25) is 9.59 Å². The van der Waals surface area contributed by atoms with Gasteiger partial charge in [0.05, 0.1) is 25.2 Å². The van der Waals surface area contributed by atoms with Gasteiger partial charge in [-0.25, -0.2) is 4.79 Å². The van der Waals surface area contributed by atoms with Crippen LogP contribution in [0.4, 0.5) is 0 Å². The Balaban J connectivity index is 1.52. The van der Waals surface area contributed by atoms with Crippen molar-refractivity contribution in [1.82, 2.24) is 5.01 Å². The van der Waals surface area contributed by atoms with E-state index in [9.17, 15) is 14.4 Å². The van der Waals surface area contributed by atoms with E-state index in [2.05, 4.69) is 9.84 Å². The molecule has 3 aliphatic rings. The molecule has 0 N–H and O–H groups in total. The maximum Gasteiger partial charge on any atom is 0.343 e. The molecule has 4 rings (SSSR count). The van der Waals surface area contributed by atoms with Crippen LogP contribution >= 0.6 is 0 Å². The number of carbonyl (C=O) groups excluding carboxylic acids is 3. The highest BCUT2D eigenvalue weighted by Gasteiger charge is 2.59. The number of methoxy groups -OCH3 is 1. The van der Waals surface area contributed by atoms with Gasteiger partial charge in [-0.15, -0.1) is 0 Å². The highest BCUT2D eigenvalue weighted by molar-refractivity contribution is 6.06. The van der Waals surface area contributed by atoms with E-state index in [1.165, 1.54) is 13.3 Å². The fraction of sp³-hybridized carbons (Fsp3) is 0.368. The second-order valence-corrected chi connectivity index (χ2v) is 6.64. The molecule has 0 unspecified atom stereocenters. The summed E-state index contributed by atoms with van der Waals surface area (Å²) < 4.78 is 9.96. The number of ether oxygens (including phenoxy) is 2. The number of fused-ring (bicyclic) bond motifs is 5. The van der Waals surface area contributed by atoms with Gasteiger partial charge in [0.15, 0.2) is 6.61 Å². The van der Waals surface area contributed by atoms with Crippen molar-refractivity contribution in [1.29, 1.82) is 0 Å². The third-order valence-corrected chi connectivity index (χ3v) is 5.25. The molecule has 0 spiro atoms. The summed E-state index contributed by atoms with van der Waals surface area (Å²) in [4.78, 5) is 36.5. The van der Waals surface area contributed by atoms with Crippen LogP contribution in [0.25, 0.3) is 0 Å². The fourth-order valence-electron chi connectivity index (χ4n) is 4.03. The van der Waals surface area contributed by atoms with Crippen molar-refractivity contribution >= 4 is 24.0 Å². The van der Waals surface area contributed by atoms with Gasteiger partial charge in [-0.1, -0.05) is 24.3 Å². The van der Waals surface area contributed by atoms with E-state index in [1.807, 2.05) is 12.2 Å². The molecule has 0 radical (unpaired) electrons. The van der Waals surface area contributed by atoms with E-state index in [4.69, 9.17) is 4.74 Å². The Labute approximate surface area is 150 Å². The van der Waals surface area contributed by atoms with Gasteiger partial charge < -0.3 is 9.47 Å². The maximum absolute atomic E-state index is 12.6. The molecule has 7 heteroatoms. The van der Waals surface area contributed by atoms with E-state index in [-0.39, 0.29) is 42.1 Å². The lowest BCUT2D eigenvalue weighted by Crippen LogP contribution is -2.28. The number of allylic oxidation sites excluding steroid dienone is 2. The number of rotatable bonds is 5. The average molecular weight is 354 g/mol. The molecule has 2 bridgehead atoms. The smallest absolute Gasteiger partial charge is 0.343 e. The topological polar surface area (TPSA) is 85.3 Å². The van der Waals surface area contributed by atoms with Gasteiger partial charge >= 0.3 is 5.97 Å². The molecule has 1 aromatic rings. The molecule has 1 heterocycles. The van der Waals surface area contributed by atoms with E-state index in [0.717, 1.165) is 11.4 Å². The Morgan fingerprint density at radius 2 is 1.85 bits per heavy atom. The molecule has 1 saturated carbocycles. The second-order valence-electron chi connectivity index (χ2n) is 6.64. The van der Waals surface area contributed by atoms with E-state index in [0.29, 0.717) is 11.3 Å². The first-order chi connectivity index (χ1) is 12.6. The summed E-state index contributed by atoms with van der Waals surface area (Å²) in [6.07, 6.45) is 6.38.